The normalized spacial score (nSPS) is 34.2. The molecule has 1 aliphatic carbocycles. The Bertz CT molecular complexity index is 542. The largest absolute Gasteiger partial charge is 0.338 e. The van der Waals surface area contributed by atoms with Crippen LogP contribution in [0.3, 0.4) is 0 Å². The van der Waals surface area contributed by atoms with Crippen LogP contribution in [0.15, 0.2) is 24.3 Å². The van der Waals surface area contributed by atoms with E-state index in [4.69, 9.17) is 0 Å². The summed E-state index contributed by atoms with van der Waals surface area (Å²) < 4.78 is 0. The van der Waals surface area contributed by atoms with Gasteiger partial charge in [-0.25, -0.2) is 0 Å². The van der Waals surface area contributed by atoms with Gasteiger partial charge in [0, 0.05) is 19.1 Å². The molecule has 2 heterocycles. The summed E-state index contributed by atoms with van der Waals surface area (Å²) in [6.07, 6.45) is 5.66. The van der Waals surface area contributed by atoms with E-state index in [0.717, 1.165) is 19.3 Å². The number of aryl methyl sites for hydroxylation is 1. The van der Waals surface area contributed by atoms with Gasteiger partial charge >= 0.3 is 0 Å². The van der Waals surface area contributed by atoms with Crippen LogP contribution in [0.1, 0.15) is 42.9 Å². The van der Waals surface area contributed by atoms with Crippen LogP contribution in [-0.4, -0.2) is 29.9 Å². The van der Waals surface area contributed by atoms with Crippen molar-refractivity contribution < 1.29 is 4.79 Å². The molecule has 1 amide bonds. The Morgan fingerprint density at radius 1 is 1.25 bits per heavy atom. The summed E-state index contributed by atoms with van der Waals surface area (Å²) in [5.41, 5.74) is 2.78. The third kappa shape index (κ3) is 1.80. The Morgan fingerprint density at radius 2 is 2.10 bits per heavy atom. The number of amides is 1. The number of rotatable bonds is 2. The molecule has 2 fully saturated rings. The number of benzene rings is 1. The molecule has 1 aromatic rings. The third-order valence-corrected chi connectivity index (χ3v) is 5.53. The van der Waals surface area contributed by atoms with Crippen molar-refractivity contribution >= 4 is 5.91 Å². The van der Waals surface area contributed by atoms with Gasteiger partial charge in [-0.05, 0) is 43.2 Å². The van der Waals surface area contributed by atoms with Crippen LogP contribution < -0.4 is 5.32 Å². The molecule has 3 heteroatoms. The van der Waals surface area contributed by atoms with E-state index >= 15 is 0 Å². The molecule has 20 heavy (non-hydrogen) atoms. The van der Waals surface area contributed by atoms with Crippen molar-refractivity contribution in [2.24, 2.45) is 5.92 Å². The van der Waals surface area contributed by atoms with Crippen molar-refractivity contribution in [3.05, 3.63) is 35.4 Å². The Hall–Kier alpha value is -1.35. The van der Waals surface area contributed by atoms with Gasteiger partial charge in [0.25, 0.3) is 0 Å². The van der Waals surface area contributed by atoms with Crippen LogP contribution in [0.4, 0.5) is 0 Å². The van der Waals surface area contributed by atoms with Crippen LogP contribution in [0, 0.1) is 5.92 Å². The zero-order chi connectivity index (χ0) is 13.7. The predicted octanol–water partition coefficient (Wildman–Crippen LogP) is 2.27. The van der Waals surface area contributed by atoms with Crippen LogP contribution in [-0.2, 0) is 11.2 Å². The molecule has 4 atom stereocenters. The maximum atomic E-state index is 12.8. The Balaban J connectivity index is 1.53. The molecule has 4 rings (SSSR count). The van der Waals surface area contributed by atoms with Crippen molar-refractivity contribution in [1.82, 2.24) is 10.2 Å². The molecule has 3 nitrogen and oxygen atoms in total. The van der Waals surface area contributed by atoms with Gasteiger partial charge in [0.15, 0.2) is 0 Å². The highest BCUT2D eigenvalue weighted by Crippen LogP contribution is 2.39. The highest BCUT2D eigenvalue weighted by atomic mass is 16.2. The van der Waals surface area contributed by atoms with Gasteiger partial charge in [-0.2, -0.15) is 0 Å². The molecular formula is C17H22N2O. The van der Waals surface area contributed by atoms with E-state index in [9.17, 15) is 4.79 Å². The average Bonchev–Trinajstić information content (AvgIpc) is 3.19. The minimum atomic E-state index is 0.214. The lowest BCUT2D eigenvalue weighted by Gasteiger charge is -2.30. The third-order valence-electron chi connectivity index (χ3n) is 5.53. The zero-order valence-electron chi connectivity index (χ0n) is 12.0. The van der Waals surface area contributed by atoms with Gasteiger partial charge in [0.05, 0.1) is 12.0 Å². The fourth-order valence-corrected chi connectivity index (χ4v) is 4.45. The van der Waals surface area contributed by atoms with E-state index in [-0.39, 0.29) is 12.0 Å². The smallest absolute Gasteiger partial charge is 0.227 e. The molecule has 3 aliphatic rings. The fraction of sp³-hybridized carbons (Fsp3) is 0.588. The molecule has 4 unspecified atom stereocenters. The number of nitrogens with zero attached hydrogens (tertiary/aromatic N) is 1. The number of hydrogen-bond acceptors (Lipinski definition) is 2. The minimum absolute atomic E-state index is 0.214. The summed E-state index contributed by atoms with van der Waals surface area (Å²) in [5, 5.41) is 3.58. The number of hydrogen-bond donors (Lipinski definition) is 1. The predicted molar refractivity (Wildman–Crippen MR) is 78.3 cm³/mol. The summed E-state index contributed by atoms with van der Waals surface area (Å²) >= 11 is 0. The van der Waals surface area contributed by atoms with Gasteiger partial charge in [-0.15, -0.1) is 0 Å². The molecule has 1 aromatic carbocycles. The lowest BCUT2D eigenvalue weighted by molar-refractivity contribution is -0.137. The molecule has 0 aromatic heterocycles. The number of nitrogens with one attached hydrogen (secondary N) is 1. The quantitative estimate of drug-likeness (QED) is 0.894. The zero-order valence-corrected chi connectivity index (χ0v) is 12.0. The fourth-order valence-electron chi connectivity index (χ4n) is 4.45. The first-order valence-electron chi connectivity index (χ1n) is 7.84. The van der Waals surface area contributed by atoms with Crippen LogP contribution in [0.5, 0.6) is 0 Å². The van der Waals surface area contributed by atoms with Crippen LogP contribution in [0.25, 0.3) is 0 Å². The molecule has 1 N–H and O–H groups in total. The molecule has 106 valence electrons. The Labute approximate surface area is 120 Å². The highest BCUT2D eigenvalue weighted by molar-refractivity contribution is 5.80. The number of carbonyl (C=O) groups is 1. The van der Waals surface area contributed by atoms with E-state index in [1.807, 2.05) is 11.9 Å². The standard InChI is InChI=1S/C17H22N2O/c1-19(16-9-6-11-4-2-3-5-13(11)16)17(20)14-10-12-7-8-15(14)18-12/h2-5,12,14-16,18H,6-10H2,1H3. The maximum Gasteiger partial charge on any atom is 0.227 e. The molecular weight excluding hydrogens is 248 g/mol. The summed E-state index contributed by atoms with van der Waals surface area (Å²) in [7, 11) is 2.00. The SMILES string of the molecule is CN(C(=O)C1CC2CCC1N2)C1CCc2ccccc21. The van der Waals surface area contributed by atoms with Crippen molar-refractivity contribution in [2.75, 3.05) is 7.05 Å². The van der Waals surface area contributed by atoms with E-state index in [2.05, 4.69) is 29.6 Å². The maximum absolute atomic E-state index is 12.8. The summed E-state index contributed by atoms with van der Waals surface area (Å²) in [6, 6.07) is 9.91. The lowest BCUT2D eigenvalue weighted by Crippen LogP contribution is -2.40. The first-order valence-corrected chi connectivity index (χ1v) is 7.84. The molecule has 2 bridgehead atoms. The van der Waals surface area contributed by atoms with Crippen molar-refractivity contribution in [3.63, 3.8) is 0 Å². The monoisotopic (exact) mass is 270 g/mol. The summed E-state index contributed by atoms with van der Waals surface area (Å²) in [5.74, 6) is 0.568. The first kappa shape index (κ1) is 12.4. The number of carbonyl (C=O) groups excluding carboxylic acids is 1. The minimum Gasteiger partial charge on any atom is -0.338 e. The first-order chi connectivity index (χ1) is 9.74. The second kappa shape index (κ2) is 4.59. The van der Waals surface area contributed by atoms with Gasteiger partial charge in [-0.3, -0.25) is 4.79 Å². The van der Waals surface area contributed by atoms with E-state index in [0.29, 0.717) is 18.0 Å². The molecule has 2 aliphatic heterocycles. The van der Waals surface area contributed by atoms with E-state index in [1.165, 1.54) is 24.0 Å². The van der Waals surface area contributed by atoms with Crippen LogP contribution >= 0.6 is 0 Å². The lowest BCUT2D eigenvalue weighted by atomic mass is 9.87. The van der Waals surface area contributed by atoms with Gasteiger partial charge in [-0.1, -0.05) is 24.3 Å². The van der Waals surface area contributed by atoms with Gasteiger partial charge in [0.1, 0.15) is 0 Å². The Kier molecular flexibility index (Phi) is 2.84. The van der Waals surface area contributed by atoms with Crippen molar-refractivity contribution in [3.8, 4) is 0 Å². The molecule has 0 saturated carbocycles. The molecule has 0 radical (unpaired) electrons. The highest BCUT2D eigenvalue weighted by Gasteiger charge is 2.44. The Morgan fingerprint density at radius 3 is 2.85 bits per heavy atom. The van der Waals surface area contributed by atoms with E-state index in [1.54, 1.807) is 0 Å². The number of fused-ring (bicyclic) bond motifs is 3. The summed E-state index contributed by atoms with van der Waals surface area (Å²) in [6.45, 7) is 0. The van der Waals surface area contributed by atoms with Gasteiger partial charge in [0.2, 0.25) is 5.91 Å². The van der Waals surface area contributed by atoms with Crippen molar-refractivity contribution in [2.45, 2.75) is 50.2 Å². The molecule has 2 saturated heterocycles. The van der Waals surface area contributed by atoms with Gasteiger partial charge < -0.3 is 10.2 Å². The molecule has 0 spiro atoms. The second-order valence-corrected chi connectivity index (χ2v) is 6.59. The van der Waals surface area contributed by atoms with E-state index < -0.39 is 0 Å². The second-order valence-electron chi connectivity index (χ2n) is 6.59. The average molecular weight is 270 g/mol. The topological polar surface area (TPSA) is 32.3 Å². The summed E-state index contributed by atoms with van der Waals surface area (Å²) in [4.78, 5) is 14.8. The van der Waals surface area contributed by atoms with Crippen LogP contribution in [0.2, 0.25) is 0 Å². The van der Waals surface area contributed by atoms with Crippen molar-refractivity contribution in [1.29, 1.82) is 0 Å².